The number of carbonyl (C=O) groups is 1. The standard InChI is InChI=1S/C37H58O5/c1-24(2)32(38)17-12-25(3)29-15-16-30-28-14-13-26-22-27(41-34-10-6-8-20-39-34)23-33(42-35-11-7-9-21-40-35)37(26,5)31(28)18-19-36(29,30)4/h13-14,24-25,27,29-31,33-35H,6-12,15-23H2,1-5H3/t25-,27-,29-,30+,31+,33+,34?,35?,36-,37+/m1/s1. The molecule has 5 nitrogen and oxygen atoms in total. The molecule has 0 bridgehead atoms. The highest BCUT2D eigenvalue weighted by molar-refractivity contribution is 5.80. The van der Waals surface area contributed by atoms with Gasteiger partial charge in [0.1, 0.15) is 5.78 Å². The van der Waals surface area contributed by atoms with Gasteiger partial charge in [0.2, 0.25) is 0 Å². The van der Waals surface area contributed by atoms with E-state index in [-0.39, 0.29) is 36.1 Å². The topological polar surface area (TPSA) is 54.0 Å². The van der Waals surface area contributed by atoms with Gasteiger partial charge in [0, 0.05) is 37.4 Å². The number of ether oxygens (including phenoxy) is 4. The van der Waals surface area contributed by atoms with Gasteiger partial charge in [-0.2, -0.15) is 0 Å². The minimum absolute atomic E-state index is 0.0209. The number of fused-ring (bicyclic) bond motifs is 5. The van der Waals surface area contributed by atoms with Gasteiger partial charge in [0.25, 0.3) is 0 Å². The van der Waals surface area contributed by atoms with Crippen LogP contribution in [0.5, 0.6) is 0 Å². The smallest absolute Gasteiger partial charge is 0.157 e. The fourth-order valence-corrected chi connectivity index (χ4v) is 10.2. The molecule has 2 unspecified atom stereocenters. The lowest BCUT2D eigenvalue weighted by Gasteiger charge is -2.58. The van der Waals surface area contributed by atoms with E-state index < -0.39 is 0 Å². The van der Waals surface area contributed by atoms with Crippen molar-refractivity contribution in [3.63, 3.8) is 0 Å². The molecule has 2 aliphatic heterocycles. The minimum atomic E-state index is -0.0972. The first-order valence-electron chi connectivity index (χ1n) is 17.7. The Kier molecular flexibility index (Phi) is 9.43. The summed E-state index contributed by atoms with van der Waals surface area (Å²) in [7, 11) is 0. The zero-order valence-corrected chi connectivity index (χ0v) is 27.2. The molecule has 42 heavy (non-hydrogen) atoms. The molecule has 236 valence electrons. The van der Waals surface area contributed by atoms with Crippen molar-refractivity contribution >= 4 is 5.78 Å². The number of Topliss-reactive ketones (excluding diaryl/α,β-unsaturated/α-hetero) is 1. The minimum Gasteiger partial charge on any atom is -0.353 e. The zero-order valence-electron chi connectivity index (χ0n) is 27.2. The highest BCUT2D eigenvalue weighted by Crippen LogP contribution is 2.66. The van der Waals surface area contributed by atoms with E-state index in [0.717, 1.165) is 64.6 Å². The summed E-state index contributed by atoms with van der Waals surface area (Å²) in [6, 6.07) is 0. The molecule has 0 spiro atoms. The number of hydrogen-bond acceptors (Lipinski definition) is 5. The summed E-state index contributed by atoms with van der Waals surface area (Å²) < 4.78 is 25.8. The Labute approximate surface area is 255 Å². The second-order valence-corrected chi connectivity index (χ2v) is 15.5. The second kappa shape index (κ2) is 12.8. The summed E-state index contributed by atoms with van der Waals surface area (Å²) in [4.78, 5) is 12.4. The molecule has 0 aromatic carbocycles. The van der Waals surface area contributed by atoms with Crippen molar-refractivity contribution in [3.05, 3.63) is 23.3 Å². The fourth-order valence-electron chi connectivity index (χ4n) is 10.2. The van der Waals surface area contributed by atoms with E-state index in [9.17, 15) is 4.79 Å². The second-order valence-electron chi connectivity index (χ2n) is 15.5. The Bertz CT molecular complexity index is 1020. The number of allylic oxidation sites excluding steroid dienone is 3. The van der Waals surface area contributed by atoms with Crippen LogP contribution in [0, 0.1) is 40.4 Å². The molecule has 0 amide bonds. The maximum atomic E-state index is 12.4. The molecule has 5 heteroatoms. The van der Waals surface area contributed by atoms with Gasteiger partial charge in [-0.1, -0.05) is 57.9 Å². The van der Waals surface area contributed by atoms with Crippen molar-refractivity contribution in [1.29, 1.82) is 0 Å². The van der Waals surface area contributed by atoms with E-state index in [1.165, 1.54) is 44.1 Å². The van der Waals surface area contributed by atoms with Crippen molar-refractivity contribution in [3.8, 4) is 0 Å². The number of hydrogen-bond donors (Lipinski definition) is 0. The molecule has 6 aliphatic rings. The number of ketones is 1. The van der Waals surface area contributed by atoms with Crippen LogP contribution in [0.25, 0.3) is 0 Å². The quantitative estimate of drug-likeness (QED) is 0.273. The van der Waals surface area contributed by atoms with Gasteiger partial charge < -0.3 is 18.9 Å². The predicted molar refractivity (Wildman–Crippen MR) is 166 cm³/mol. The van der Waals surface area contributed by atoms with Crippen LogP contribution in [0.1, 0.15) is 125 Å². The lowest BCUT2D eigenvalue weighted by Crippen LogP contribution is -2.55. The van der Waals surface area contributed by atoms with Gasteiger partial charge >= 0.3 is 0 Å². The van der Waals surface area contributed by atoms with Crippen LogP contribution in [-0.2, 0) is 23.7 Å². The molecule has 2 saturated heterocycles. The van der Waals surface area contributed by atoms with Gasteiger partial charge in [-0.25, -0.2) is 0 Å². The van der Waals surface area contributed by atoms with Crippen LogP contribution in [0.15, 0.2) is 23.3 Å². The molecular formula is C37H58O5. The van der Waals surface area contributed by atoms with Crippen LogP contribution in [-0.4, -0.2) is 43.8 Å². The Morgan fingerprint density at radius 1 is 0.905 bits per heavy atom. The van der Waals surface area contributed by atoms with E-state index >= 15 is 0 Å². The van der Waals surface area contributed by atoms with Crippen LogP contribution >= 0.6 is 0 Å². The third-order valence-corrected chi connectivity index (χ3v) is 12.8. The van der Waals surface area contributed by atoms with E-state index in [1.807, 2.05) is 13.8 Å². The predicted octanol–water partition coefficient (Wildman–Crippen LogP) is 8.56. The number of rotatable bonds is 9. The summed E-state index contributed by atoms with van der Waals surface area (Å²) in [6.07, 6.45) is 20.5. The summed E-state index contributed by atoms with van der Waals surface area (Å²) in [5.74, 6) is 3.03. The van der Waals surface area contributed by atoms with E-state index in [2.05, 4.69) is 32.9 Å². The van der Waals surface area contributed by atoms with Crippen molar-refractivity contribution in [1.82, 2.24) is 0 Å². The Morgan fingerprint density at radius 2 is 1.62 bits per heavy atom. The van der Waals surface area contributed by atoms with Crippen molar-refractivity contribution < 1.29 is 23.7 Å². The van der Waals surface area contributed by atoms with Crippen LogP contribution < -0.4 is 0 Å². The lowest BCUT2D eigenvalue weighted by molar-refractivity contribution is -0.242. The Balaban J connectivity index is 1.23. The monoisotopic (exact) mass is 582 g/mol. The van der Waals surface area contributed by atoms with Crippen molar-refractivity contribution in [2.45, 2.75) is 149 Å². The highest BCUT2D eigenvalue weighted by atomic mass is 16.7. The van der Waals surface area contributed by atoms with E-state index in [0.29, 0.717) is 34.9 Å². The van der Waals surface area contributed by atoms with Gasteiger partial charge in [-0.3, -0.25) is 4.79 Å². The molecule has 0 aromatic rings. The molecule has 10 atom stereocenters. The molecular weight excluding hydrogens is 524 g/mol. The summed E-state index contributed by atoms with van der Waals surface area (Å²) in [6.45, 7) is 13.2. The molecule has 0 N–H and O–H groups in total. The average molecular weight is 583 g/mol. The molecule has 4 aliphatic carbocycles. The van der Waals surface area contributed by atoms with Gasteiger partial charge in [-0.15, -0.1) is 0 Å². The SMILES string of the molecule is CC(C)C(=O)CC[C@@H](C)[C@H]1CC[C@H]2C3=CC=C4C[C@@H](OC5CCCCO5)C[C@H](OC5CCCCO5)[C@]4(C)[C@H]3CC[C@]12C. The third-order valence-electron chi connectivity index (χ3n) is 12.8. The Morgan fingerprint density at radius 3 is 2.29 bits per heavy atom. The summed E-state index contributed by atoms with van der Waals surface area (Å²) in [5.41, 5.74) is 3.51. The molecule has 3 saturated carbocycles. The molecule has 2 heterocycles. The normalized spacial score (nSPS) is 42.7. The van der Waals surface area contributed by atoms with Gasteiger partial charge in [0.15, 0.2) is 12.6 Å². The lowest BCUT2D eigenvalue weighted by atomic mass is 9.49. The summed E-state index contributed by atoms with van der Waals surface area (Å²) >= 11 is 0. The maximum absolute atomic E-state index is 12.4. The fraction of sp³-hybridized carbons (Fsp3) is 0.865. The molecule has 5 fully saturated rings. The molecule has 0 radical (unpaired) electrons. The third kappa shape index (κ3) is 5.86. The van der Waals surface area contributed by atoms with E-state index in [4.69, 9.17) is 18.9 Å². The highest BCUT2D eigenvalue weighted by Gasteiger charge is 2.59. The van der Waals surface area contributed by atoms with E-state index in [1.54, 1.807) is 5.57 Å². The van der Waals surface area contributed by atoms with Crippen LogP contribution in [0.4, 0.5) is 0 Å². The van der Waals surface area contributed by atoms with Crippen LogP contribution in [0.3, 0.4) is 0 Å². The van der Waals surface area contributed by atoms with Crippen molar-refractivity contribution in [2.24, 2.45) is 40.4 Å². The van der Waals surface area contributed by atoms with Gasteiger partial charge in [-0.05, 0) is 106 Å². The first-order valence-corrected chi connectivity index (χ1v) is 17.7. The maximum Gasteiger partial charge on any atom is 0.157 e. The number of carbonyl (C=O) groups excluding carboxylic acids is 1. The summed E-state index contributed by atoms with van der Waals surface area (Å²) in [5, 5.41) is 0. The molecule has 6 rings (SSSR count). The average Bonchev–Trinajstić information content (AvgIpc) is 3.34. The molecule has 0 aromatic heterocycles. The first kappa shape index (κ1) is 31.0. The zero-order chi connectivity index (χ0) is 29.5. The largest absolute Gasteiger partial charge is 0.353 e. The van der Waals surface area contributed by atoms with Crippen molar-refractivity contribution in [2.75, 3.05) is 13.2 Å². The van der Waals surface area contributed by atoms with Crippen LogP contribution in [0.2, 0.25) is 0 Å². The first-order chi connectivity index (χ1) is 20.2. The van der Waals surface area contributed by atoms with Gasteiger partial charge in [0.05, 0.1) is 12.2 Å². The Hall–Kier alpha value is -1.01.